The van der Waals surface area contributed by atoms with E-state index in [1.165, 1.54) is 334 Å². The Kier molecular flexibility index (Phi) is 83.5. The first kappa shape index (κ1) is 108. The second-order valence-electron chi connectivity index (χ2n) is 32.7. The highest BCUT2D eigenvalue weighted by Gasteiger charge is 2.31. The van der Waals surface area contributed by atoms with Crippen LogP contribution in [0.1, 0.15) is 503 Å². The van der Waals surface area contributed by atoms with Crippen molar-refractivity contribution in [3.8, 4) is 0 Å². The number of aliphatic hydroxyl groups excluding tert-OH is 1. The summed E-state index contributed by atoms with van der Waals surface area (Å²) in [7, 11) is -9.93. The molecule has 0 aliphatic carbocycles. The molecule has 0 aliphatic rings. The number of carbonyl (C=O) groups is 4. The number of ether oxygens (including phenoxy) is 4. The predicted octanol–water partition coefficient (Wildman–Crippen LogP) is 28.5. The van der Waals surface area contributed by atoms with Gasteiger partial charge in [0.1, 0.15) is 19.3 Å². The summed E-state index contributed by atoms with van der Waals surface area (Å²) in [6.07, 6.45) is 82.1. The van der Waals surface area contributed by atoms with Crippen LogP contribution in [-0.4, -0.2) is 96.7 Å². The molecule has 2 unspecified atom stereocenters. The molecule has 0 aromatic heterocycles. The van der Waals surface area contributed by atoms with Gasteiger partial charge in [-0.25, -0.2) is 9.13 Å². The minimum atomic E-state index is -4.97. The fraction of sp³-hybridized carbons (Fsp3) is 0.956. The Morgan fingerprint density at radius 2 is 0.364 bits per heavy atom. The summed E-state index contributed by atoms with van der Waals surface area (Å²) in [5.74, 6) is -2.09. The highest BCUT2D eigenvalue weighted by atomic mass is 31.2. The zero-order valence-electron chi connectivity index (χ0n) is 72.3. The third kappa shape index (κ3) is 84.0. The SMILES string of the molecule is CCCCCCCCCCCCCCCCCCCCCCCCC(=O)O[C@H](COC(=O)CCCCCCCCCCCCCCCCCCCCCCC)COP(=O)(O)OC[C@@H](O)COP(=O)(O)OC[C@@H](COC(=O)CCCCCCCCCCCCCC)OC(=O)CCCCCCCCCCCCCCCCC. The van der Waals surface area contributed by atoms with Crippen molar-refractivity contribution in [2.45, 2.75) is 521 Å². The minimum absolute atomic E-state index is 0.109. The quantitative estimate of drug-likeness (QED) is 0.0222. The van der Waals surface area contributed by atoms with Crippen molar-refractivity contribution in [3.05, 3.63) is 0 Å². The van der Waals surface area contributed by atoms with Gasteiger partial charge < -0.3 is 33.8 Å². The molecule has 0 aliphatic heterocycles. The van der Waals surface area contributed by atoms with E-state index in [2.05, 4.69) is 27.7 Å². The number of hydrogen-bond acceptors (Lipinski definition) is 15. The van der Waals surface area contributed by atoms with Crippen LogP contribution in [0.3, 0.4) is 0 Å². The Labute approximate surface area is 677 Å². The van der Waals surface area contributed by atoms with Crippen molar-refractivity contribution in [2.75, 3.05) is 39.6 Å². The molecule has 0 aromatic rings. The first-order valence-corrected chi connectivity index (χ1v) is 50.3. The van der Waals surface area contributed by atoms with Gasteiger partial charge in [-0.2, -0.15) is 0 Å². The molecule has 110 heavy (non-hydrogen) atoms. The zero-order chi connectivity index (χ0) is 80.3. The summed E-state index contributed by atoms with van der Waals surface area (Å²) in [6.45, 7) is 5.09. The second-order valence-corrected chi connectivity index (χ2v) is 35.6. The Bertz CT molecular complexity index is 2070. The molecule has 3 N–H and O–H groups in total. The molecule has 0 saturated carbocycles. The van der Waals surface area contributed by atoms with Crippen molar-refractivity contribution < 1.29 is 80.2 Å². The Balaban J connectivity index is 5.22. The summed E-state index contributed by atoms with van der Waals surface area (Å²) in [5.41, 5.74) is 0. The predicted molar refractivity (Wildman–Crippen MR) is 455 cm³/mol. The van der Waals surface area contributed by atoms with E-state index in [1.54, 1.807) is 0 Å². The van der Waals surface area contributed by atoms with Gasteiger partial charge >= 0.3 is 39.5 Å². The maximum absolute atomic E-state index is 13.2. The molecule has 0 radical (unpaired) electrons. The Morgan fingerprint density at radius 1 is 0.218 bits per heavy atom. The van der Waals surface area contributed by atoms with Gasteiger partial charge in [-0.05, 0) is 25.7 Å². The second kappa shape index (κ2) is 85.0. The van der Waals surface area contributed by atoms with Gasteiger partial charge in [0.05, 0.1) is 26.4 Å². The number of rotatable bonds is 92. The highest BCUT2D eigenvalue weighted by Crippen LogP contribution is 2.45. The summed E-state index contributed by atoms with van der Waals surface area (Å²) in [5, 5.41) is 10.7. The van der Waals surface area contributed by atoms with E-state index in [9.17, 15) is 43.2 Å². The van der Waals surface area contributed by atoms with Crippen molar-refractivity contribution in [1.29, 1.82) is 0 Å². The van der Waals surface area contributed by atoms with Crippen LogP contribution in [0, 0.1) is 0 Å². The number of phosphoric ester groups is 2. The molecule has 17 nitrogen and oxygen atoms in total. The molecule has 0 aromatic carbocycles. The van der Waals surface area contributed by atoms with E-state index in [1.807, 2.05) is 0 Å². The first-order valence-electron chi connectivity index (χ1n) is 47.3. The van der Waals surface area contributed by atoms with Crippen LogP contribution < -0.4 is 0 Å². The minimum Gasteiger partial charge on any atom is -0.462 e. The molecular formula is C91H178O17P2. The Hall–Kier alpha value is -1.94. The molecule has 0 heterocycles. The van der Waals surface area contributed by atoms with E-state index < -0.39 is 97.5 Å². The van der Waals surface area contributed by atoms with E-state index in [-0.39, 0.29) is 25.7 Å². The topological polar surface area (TPSA) is 237 Å². The van der Waals surface area contributed by atoms with Crippen molar-refractivity contribution >= 4 is 39.5 Å². The Morgan fingerprint density at radius 3 is 0.536 bits per heavy atom. The molecule has 0 rings (SSSR count). The van der Waals surface area contributed by atoms with Crippen LogP contribution in [0.25, 0.3) is 0 Å². The van der Waals surface area contributed by atoms with Gasteiger partial charge in [0.25, 0.3) is 0 Å². The lowest BCUT2D eigenvalue weighted by atomic mass is 10.0. The number of hydrogen-bond donors (Lipinski definition) is 3. The van der Waals surface area contributed by atoms with Gasteiger partial charge in [0.2, 0.25) is 0 Å². The summed E-state index contributed by atoms with van der Waals surface area (Å²) < 4.78 is 69.1. The molecule has 0 fully saturated rings. The van der Waals surface area contributed by atoms with Crippen molar-refractivity contribution in [3.63, 3.8) is 0 Å². The van der Waals surface area contributed by atoms with Crippen LogP contribution in [0.5, 0.6) is 0 Å². The fourth-order valence-corrected chi connectivity index (χ4v) is 16.0. The van der Waals surface area contributed by atoms with E-state index >= 15 is 0 Å². The number of phosphoric acid groups is 2. The number of esters is 4. The average Bonchev–Trinajstić information content (AvgIpc) is 0.908. The third-order valence-electron chi connectivity index (χ3n) is 21.6. The van der Waals surface area contributed by atoms with Gasteiger partial charge in [0.15, 0.2) is 12.2 Å². The van der Waals surface area contributed by atoms with E-state index in [0.717, 1.165) is 89.9 Å². The smallest absolute Gasteiger partial charge is 0.462 e. The van der Waals surface area contributed by atoms with Crippen molar-refractivity contribution in [1.82, 2.24) is 0 Å². The molecule has 654 valence electrons. The molecule has 0 spiro atoms. The van der Waals surface area contributed by atoms with Gasteiger partial charge in [-0.3, -0.25) is 37.3 Å². The van der Waals surface area contributed by atoms with Gasteiger partial charge in [-0.1, -0.05) is 451 Å². The molecule has 19 heteroatoms. The van der Waals surface area contributed by atoms with Crippen molar-refractivity contribution in [2.24, 2.45) is 0 Å². The van der Waals surface area contributed by atoms with Gasteiger partial charge in [0, 0.05) is 25.7 Å². The average molecular weight is 1610 g/mol. The molecule has 5 atom stereocenters. The lowest BCUT2D eigenvalue weighted by molar-refractivity contribution is -0.161. The van der Waals surface area contributed by atoms with Crippen LogP contribution in [0.2, 0.25) is 0 Å². The largest absolute Gasteiger partial charge is 0.472 e. The maximum Gasteiger partial charge on any atom is 0.472 e. The molecule has 0 saturated heterocycles. The number of unbranched alkanes of at least 4 members (excludes halogenated alkanes) is 66. The maximum atomic E-state index is 13.2. The van der Waals surface area contributed by atoms with E-state index in [4.69, 9.17) is 37.0 Å². The summed E-state index contributed by atoms with van der Waals surface area (Å²) in [4.78, 5) is 73.4. The summed E-state index contributed by atoms with van der Waals surface area (Å²) in [6, 6.07) is 0. The lowest BCUT2D eigenvalue weighted by Gasteiger charge is -2.21. The third-order valence-corrected chi connectivity index (χ3v) is 23.5. The zero-order valence-corrected chi connectivity index (χ0v) is 74.0. The molecule has 0 bridgehead atoms. The van der Waals surface area contributed by atoms with Crippen LogP contribution in [0.15, 0.2) is 0 Å². The molecular weight excluding hydrogens is 1430 g/mol. The lowest BCUT2D eigenvalue weighted by Crippen LogP contribution is -2.30. The highest BCUT2D eigenvalue weighted by molar-refractivity contribution is 7.47. The number of carbonyl (C=O) groups excluding carboxylic acids is 4. The number of aliphatic hydroxyl groups is 1. The van der Waals surface area contributed by atoms with E-state index in [0.29, 0.717) is 25.7 Å². The van der Waals surface area contributed by atoms with Crippen LogP contribution >= 0.6 is 15.6 Å². The van der Waals surface area contributed by atoms with Gasteiger partial charge in [-0.15, -0.1) is 0 Å². The standard InChI is InChI=1S/C91H178O17P2/c1-5-9-13-17-21-25-29-33-36-38-40-42-44-46-48-51-54-58-62-66-70-74-78-91(96)108-87(82-102-89(94)76-72-68-64-60-56-52-50-47-45-43-41-39-37-34-30-26-22-18-14-10-6-2)84-106-110(99,100)104-80-85(92)79-103-109(97,98)105-83-86(81-101-88(93)75-71-67-63-59-55-32-28-24-20-16-12-8-4)107-90(95)77-73-69-65-61-57-53-49-35-31-27-23-19-15-11-7-3/h85-87,92H,5-84H2,1-4H3,(H,97,98)(H,99,100)/t85-,86+,87+/m0/s1. The monoisotopic (exact) mass is 1610 g/mol. The fourth-order valence-electron chi connectivity index (χ4n) is 14.4. The van der Waals surface area contributed by atoms with Crippen LogP contribution in [-0.2, 0) is 65.4 Å². The molecule has 0 amide bonds. The first-order chi connectivity index (χ1) is 53.7. The summed E-state index contributed by atoms with van der Waals surface area (Å²) >= 11 is 0. The normalized spacial score (nSPS) is 13.6. The van der Waals surface area contributed by atoms with Crippen LogP contribution in [0.4, 0.5) is 0 Å².